The first-order chi connectivity index (χ1) is 14.6. The van der Waals surface area contributed by atoms with Crippen LogP contribution in [0.5, 0.6) is 5.75 Å². The van der Waals surface area contributed by atoms with E-state index >= 15 is 0 Å². The molecule has 0 aliphatic rings. The highest BCUT2D eigenvalue weighted by atomic mass is 35.5. The molecule has 6 heteroatoms. The summed E-state index contributed by atoms with van der Waals surface area (Å²) in [6.07, 6.45) is 0.728. The van der Waals surface area contributed by atoms with Crippen LogP contribution in [0.4, 0.5) is 5.69 Å². The molecule has 0 aromatic heterocycles. The van der Waals surface area contributed by atoms with Crippen LogP contribution < -0.4 is 15.4 Å². The number of hydrogen-bond donors (Lipinski definition) is 2. The van der Waals surface area contributed by atoms with Crippen LogP contribution in [0.15, 0.2) is 72.8 Å². The van der Waals surface area contributed by atoms with Gasteiger partial charge in [0.1, 0.15) is 5.75 Å². The highest BCUT2D eigenvalue weighted by molar-refractivity contribution is 6.32. The highest BCUT2D eigenvalue weighted by Crippen LogP contribution is 2.26. The van der Waals surface area contributed by atoms with E-state index in [1.165, 1.54) is 0 Å². The van der Waals surface area contributed by atoms with E-state index in [2.05, 4.69) is 10.6 Å². The second-order valence-electron chi connectivity index (χ2n) is 6.57. The van der Waals surface area contributed by atoms with E-state index < -0.39 is 0 Å². The molecule has 0 radical (unpaired) electrons. The van der Waals surface area contributed by atoms with Gasteiger partial charge in [0.05, 0.1) is 22.9 Å². The molecule has 5 nitrogen and oxygen atoms in total. The van der Waals surface area contributed by atoms with E-state index in [1.54, 1.807) is 42.5 Å². The summed E-state index contributed by atoms with van der Waals surface area (Å²) < 4.78 is 5.39. The molecule has 0 heterocycles. The van der Waals surface area contributed by atoms with Gasteiger partial charge in [0.2, 0.25) is 0 Å². The molecule has 0 fully saturated rings. The van der Waals surface area contributed by atoms with Crippen molar-refractivity contribution in [1.29, 1.82) is 0 Å². The molecule has 0 aliphatic carbocycles. The van der Waals surface area contributed by atoms with Crippen LogP contribution in [0.2, 0.25) is 5.02 Å². The largest absolute Gasteiger partial charge is 0.492 e. The third-order valence-electron chi connectivity index (χ3n) is 4.46. The summed E-state index contributed by atoms with van der Waals surface area (Å²) >= 11 is 6.18. The molecule has 0 saturated heterocycles. The summed E-state index contributed by atoms with van der Waals surface area (Å²) in [6, 6.07) is 21.7. The van der Waals surface area contributed by atoms with Gasteiger partial charge in [-0.2, -0.15) is 0 Å². The minimum Gasteiger partial charge on any atom is -0.492 e. The minimum atomic E-state index is -0.357. The van der Waals surface area contributed by atoms with Gasteiger partial charge in [0, 0.05) is 12.1 Å². The summed E-state index contributed by atoms with van der Waals surface area (Å²) in [4.78, 5) is 25.3. The molecular formula is C24H23ClN2O3. The van der Waals surface area contributed by atoms with E-state index in [0.717, 1.165) is 12.0 Å². The molecular weight excluding hydrogens is 400 g/mol. The van der Waals surface area contributed by atoms with Crippen molar-refractivity contribution in [3.8, 4) is 5.75 Å². The third kappa shape index (κ3) is 5.61. The number of benzene rings is 3. The molecule has 2 amide bonds. The van der Waals surface area contributed by atoms with Gasteiger partial charge >= 0.3 is 0 Å². The molecule has 0 aliphatic heterocycles. The van der Waals surface area contributed by atoms with Crippen LogP contribution >= 0.6 is 11.6 Å². The Hall–Kier alpha value is -3.31. The smallest absolute Gasteiger partial charge is 0.255 e. The number of carbonyl (C=O) groups is 2. The van der Waals surface area contributed by atoms with Crippen LogP contribution in [0.3, 0.4) is 0 Å². The molecule has 3 rings (SSSR count). The van der Waals surface area contributed by atoms with Crippen molar-refractivity contribution in [2.75, 3.05) is 18.5 Å². The Morgan fingerprint density at radius 1 is 0.933 bits per heavy atom. The lowest BCUT2D eigenvalue weighted by atomic mass is 10.1. The van der Waals surface area contributed by atoms with Crippen LogP contribution in [-0.2, 0) is 6.42 Å². The summed E-state index contributed by atoms with van der Waals surface area (Å²) in [5.41, 5.74) is 2.36. The van der Waals surface area contributed by atoms with Crippen LogP contribution in [0.1, 0.15) is 33.2 Å². The zero-order valence-corrected chi connectivity index (χ0v) is 17.4. The number of rotatable bonds is 8. The van der Waals surface area contributed by atoms with E-state index in [9.17, 15) is 9.59 Å². The van der Waals surface area contributed by atoms with Crippen molar-refractivity contribution >= 4 is 29.1 Å². The second-order valence-corrected chi connectivity index (χ2v) is 6.98. The number of halogens is 1. The quantitative estimate of drug-likeness (QED) is 0.539. The molecule has 2 N–H and O–H groups in total. The normalized spacial score (nSPS) is 10.3. The maximum atomic E-state index is 12.7. The second kappa shape index (κ2) is 10.5. The maximum absolute atomic E-state index is 12.7. The molecule has 154 valence electrons. The molecule has 0 atom stereocenters. The molecule has 0 saturated carbocycles. The van der Waals surface area contributed by atoms with Crippen molar-refractivity contribution in [2.24, 2.45) is 0 Å². The van der Waals surface area contributed by atoms with Crippen molar-refractivity contribution in [3.05, 3.63) is 94.5 Å². The van der Waals surface area contributed by atoms with Crippen molar-refractivity contribution < 1.29 is 14.3 Å². The van der Waals surface area contributed by atoms with Gasteiger partial charge < -0.3 is 15.4 Å². The lowest BCUT2D eigenvalue weighted by Crippen LogP contribution is -2.27. The van der Waals surface area contributed by atoms with Crippen LogP contribution in [-0.4, -0.2) is 25.0 Å². The van der Waals surface area contributed by atoms with E-state index in [1.807, 2.05) is 37.3 Å². The van der Waals surface area contributed by atoms with E-state index in [4.69, 9.17) is 16.3 Å². The fraction of sp³-hybridized carbons (Fsp3) is 0.167. The number of nitrogens with one attached hydrogen (secondary N) is 2. The molecule has 0 unspecified atom stereocenters. The van der Waals surface area contributed by atoms with Crippen molar-refractivity contribution in [3.63, 3.8) is 0 Å². The zero-order chi connectivity index (χ0) is 21.3. The average Bonchev–Trinajstić information content (AvgIpc) is 2.76. The molecule has 30 heavy (non-hydrogen) atoms. The molecule has 3 aromatic rings. The summed E-state index contributed by atoms with van der Waals surface area (Å²) in [7, 11) is 0. The summed E-state index contributed by atoms with van der Waals surface area (Å²) in [5.74, 6) is -0.0787. The maximum Gasteiger partial charge on any atom is 0.255 e. The van der Waals surface area contributed by atoms with Gasteiger partial charge in [-0.05, 0) is 49.2 Å². The minimum absolute atomic E-state index is 0.244. The first-order valence-corrected chi connectivity index (χ1v) is 10.1. The van der Waals surface area contributed by atoms with E-state index in [0.29, 0.717) is 40.7 Å². The van der Waals surface area contributed by atoms with Gasteiger partial charge in [-0.1, -0.05) is 54.1 Å². The topological polar surface area (TPSA) is 67.4 Å². The van der Waals surface area contributed by atoms with E-state index in [-0.39, 0.29) is 11.8 Å². The number of ether oxygens (including phenoxy) is 1. The summed E-state index contributed by atoms with van der Waals surface area (Å²) in [6.45, 7) is 2.84. The molecule has 3 aromatic carbocycles. The third-order valence-corrected chi connectivity index (χ3v) is 4.75. The van der Waals surface area contributed by atoms with Crippen molar-refractivity contribution in [1.82, 2.24) is 5.32 Å². The SMILES string of the molecule is CCOc1ccc(C(=O)Nc2ccccc2C(=O)NCCc2ccccc2)cc1Cl. The monoisotopic (exact) mass is 422 g/mol. The van der Waals surface area contributed by atoms with Gasteiger partial charge in [0.25, 0.3) is 11.8 Å². The van der Waals surface area contributed by atoms with Gasteiger partial charge in [-0.25, -0.2) is 0 Å². The number of para-hydroxylation sites is 1. The first kappa shape index (κ1) is 21.4. The number of amides is 2. The zero-order valence-electron chi connectivity index (χ0n) is 16.7. The standard InChI is InChI=1S/C24H23ClN2O3/c1-2-30-22-13-12-18(16-20(22)25)23(28)27-21-11-7-6-10-19(21)24(29)26-15-14-17-8-4-3-5-9-17/h3-13,16H,2,14-15H2,1H3,(H,26,29)(H,27,28). The predicted octanol–water partition coefficient (Wildman–Crippen LogP) is 4.96. The first-order valence-electron chi connectivity index (χ1n) is 9.73. The van der Waals surface area contributed by atoms with Crippen LogP contribution in [0.25, 0.3) is 0 Å². The van der Waals surface area contributed by atoms with Crippen LogP contribution in [0, 0.1) is 0 Å². The van der Waals surface area contributed by atoms with Gasteiger partial charge in [0.15, 0.2) is 0 Å². The Kier molecular flexibility index (Phi) is 7.46. The lowest BCUT2D eigenvalue weighted by molar-refractivity contribution is 0.0955. The summed E-state index contributed by atoms with van der Waals surface area (Å²) in [5, 5.41) is 6.06. The lowest BCUT2D eigenvalue weighted by Gasteiger charge is -2.12. The Morgan fingerprint density at radius 2 is 1.67 bits per heavy atom. The fourth-order valence-electron chi connectivity index (χ4n) is 2.96. The van der Waals surface area contributed by atoms with Gasteiger partial charge in [-0.3, -0.25) is 9.59 Å². The Bertz CT molecular complexity index is 1020. The Balaban J connectivity index is 1.66. The predicted molar refractivity (Wildman–Crippen MR) is 119 cm³/mol. The fourth-order valence-corrected chi connectivity index (χ4v) is 3.19. The molecule has 0 spiro atoms. The average molecular weight is 423 g/mol. The number of carbonyl (C=O) groups excluding carboxylic acids is 2. The van der Waals surface area contributed by atoms with Gasteiger partial charge in [-0.15, -0.1) is 0 Å². The van der Waals surface area contributed by atoms with Crippen molar-refractivity contribution in [2.45, 2.75) is 13.3 Å². The number of hydrogen-bond acceptors (Lipinski definition) is 3. The highest BCUT2D eigenvalue weighted by Gasteiger charge is 2.15. The number of anilines is 1. The Labute approximate surface area is 181 Å². The Morgan fingerprint density at radius 3 is 2.40 bits per heavy atom. The molecule has 0 bridgehead atoms.